The molecule has 20 heavy (non-hydrogen) atoms. The van der Waals surface area contributed by atoms with E-state index in [9.17, 15) is 14.3 Å². The highest BCUT2D eigenvalue weighted by molar-refractivity contribution is 6.30. The van der Waals surface area contributed by atoms with Crippen LogP contribution in [0.5, 0.6) is 0 Å². The van der Waals surface area contributed by atoms with Gasteiger partial charge in [0.1, 0.15) is 17.7 Å². The van der Waals surface area contributed by atoms with E-state index in [1.807, 2.05) is 0 Å². The Kier molecular flexibility index (Phi) is 4.36. The molecule has 1 aromatic carbocycles. The zero-order valence-electron chi connectivity index (χ0n) is 10.7. The van der Waals surface area contributed by atoms with Gasteiger partial charge in [0, 0.05) is 12.4 Å². The SMILES string of the molecule is CN(Cc1ncc[nH]1)C(C(=O)O)c1ccc(Cl)c(F)c1. The van der Waals surface area contributed by atoms with Crippen molar-refractivity contribution < 1.29 is 14.3 Å². The predicted molar refractivity (Wildman–Crippen MR) is 71.8 cm³/mol. The zero-order chi connectivity index (χ0) is 14.7. The molecule has 0 spiro atoms. The number of hydrogen-bond acceptors (Lipinski definition) is 3. The first kappa shape index (κ1) is 14.5. The normalized spacial score (nSPS) is 12.6. The molecule has 0 radical (unpaired) electrons. The molecule has 0 saturated carbocycles. The predicted octanol–water partition coefficient (Wildman–Crippen LogP) is 2.46. The number of aromatic nitrogens is 2. The third kappa shape index (κ3) is 3.15. The van der Waals surface area contributed by atoms with Gasteiger partial charge in [-0.25, -0.2) is 9.37 Å². The summed E-state index contributed by atoms with van der Waals surface area (Å²) in [6, 6.07) is 3.01. The molecule has 2 N–H and O–H groups in total. The standard InChI is InChI=1S/C13H13ClFN3O2/c1-18(7-11-16-4-5-17-11)12(13(19)20)8-2-3-9(14)10(15)6-8/h2-6,12H,7H2,1H3,(H,16,17)(H,19,20). The van der Waals surface area contributed by atoms with Gasteiger partial charge in [-0.05, 0) is 24.7 Å². The Balaban J connectivity index is 2.26. The van der Waals surface area contributed by atoms with Gasteiger partial charge < -0.3 is 10.1 Å². The average Bonchev–Trinajstić information content (AvgIpc) is 2.86. The van der Waals surface area contributed by atoms with Crippen molar-refractivity contribution in [2.24, 2.45) is 0 Å². The highest BCUT2D eigenvalue weighted by Crippen LogP contribution is 2.25. The van der Waals surface area contributed by atoms with Crippen LogP contribution in [0.3, 0.4) is 0 Å². The molecule has 7 heteroatoms. The van der Waals surface area contributed by atoms with Gasteiger partial charge in [-0.3, -0.25) is 9.69 Å². The molecule has 0 bridgehead atoms. The molecular formula is C13H13ClFN3O2. The number of H-pyrrole nitrogens is 1. The number of aliphatic carboxylic acids is 1. The number of carboxylic acids is 1. The van der Waals surface area contributed by atoms with Crippen LogP contribution in [-0.4, -0.2) is 33.0 Å². The van der Waals surface area contributed by atoms with Crippen LogP contribution in [0.2, 0.25) is 5.02 Å². The lowest BCUT2D eigenvalue weighted by molar-refractivity contribution is -0.143. The molecule has 0 aliphatic heterocycles. The first-order chi connectivity index (χ1) is 9.49. The van der Waals surface area contributed by atoms with Crippen LogP contribution in [-0.2, 0) is 11.3 Å². The van der Waals surface area contributed by atoms with E-state index in [-0.39, 0.29) is 5.02 Å². The van der Waals surface area contributed by atoms with E-state index in [0.717, 1.165) is 6.07 Å². The van der Waals surface area contributed by atoms with Gasteiger partial charge >= 0.3 is 5.97 Å². The lowest BCUT2D eigenvalue weighted by atomic mass is 10.1. The van der Waals surface area contributed by atoms with Gasteiger partial charge in [0.25, 0.3) is 0 Å². The topological polar surface area (TPSA) is 69.2 Å². The zero-order valence-corrected chi connectivity index (χ0v) is 11.4. The Morgan fingerprint density at radius 3 is 2.90 bits per heavy atom. The summed E-state index contributed by atoms with van der Waals surface area (Å²) in [5.74, 6) is -1.07. The lowest BCUT2D eigenvalue weighted by Crippen LogP contribution is -2.31. The van der Waals surface area contributed by atoms with Crippen molar-refractivity contribution in [1.29, 1.82) is 0 Å². The average molecular weight is 298 g/mol. The summed E-state index contributed by atoms with van der Waals surface area (Å²) in [6.07, 6.45) is 3.24. The third-order valence-electron chi connectivity index (χ3n) is 2.89. The number of aromatic amines is 1. The van der Waals surface area contributed by atoms with Gasteiger partial charge in [-0.1, -0.05) is 17.7 Å². The number of imidazole rings is 1. The van der Waals surface area contributed by atoms with Crippen LogP contribution >= 0.6 is 11.6 Å². The van der Waals surface area contributed by atoms with E-state index in [4.69, 9.17) is 11.6 Å². The number of rotatable bonds is 5. The second kappa shape index (κ2) is 6.02. The third-order valence-corrected chi connectivity index (χ3v) is 3.19. The minimum absolute atomic E-state index is 0.0356. The minimum Gasteiger partial charge on any atom is -0.480 e. The van der Waals surface area contributed by atoms with Crippen molar-refractivity contribution in [3.8, 4) is 0 Å². The first-order valence-electron chi connectivity index (χ1n) is 5.85. The molecule has 1 unspecified atom stereocenters. The number of carbonyl (C=O) groups is 1. The second-order valence-electron chi connectivity index (χ2n) is 4.37. The van der Waals surface area contributed by atoms with Gasteiger partial charge in [0.05, 0.1) is 11.6 Å². The number of benzene rings is 1. The minimum atomic E-state index is -1.07. The van der Waals surface area contributed by atoms with Crippen LogP contribution in [0.25, 0.3) is 0 Å². The smallest absolute Gasteiger partial charge is 0.325 e. The summed E-state index contributed by atoms with van der Waals surface area (Å²) in [4.78, 5) is 19.9. The fourth-order valence-electron chi connectivity index (χ4n) is 1.98. The number of nitrogens with zero attached hydrogens (tertiary/aromatic N) is 2. The Morgan fingerprint density at radius 2 is 2.35 bits per heavy atom. The number of halogens is 2. The van der Waals surface area contributed by atoms with Gasteiger partial charge in [0.2, 0.25) is 0 Å². The van der Waals surface area contributed by atoms with Crippen molar-refractivity contribution in [2.75, 3.05) is 7.05 Å². The lowest BCUT2D eigenvalue weighted by Gasteiger charge is -2.24. The largest absolute Gasteiger partial charge is 0.480 e. The van der Waals surface area contributed by atoms with Crippen molar-refractivity contribution in [3.63, 3.8) is 0 Å². The van der Waals surface area contributed by atoms with Crippen molar-refractivity contribution in [2.45, 2.75) is 12.6 Å². The Morgan fingerprint density at radius 1 is 1.60 bits per heavy atom. The van der Waals surface area contributed by atoms with Gasteiger partial charge in [-0.15, -0.1) is 0 Å². The summed E-state index contributed by atoms with van der Waals surface area (Å²) in [5.41, 5.74) is 0.327. The van der Waals surface area contributed by atoms with Crippen LogP contribution in [0.4, 0.5) is 4.39 Å². The van der Waals surface area contributed by atoms with Gasteiger partial charge in [0.15, 0.2) is 0 Å². The molecule has 0 fully saturated rings. The fraction of sp³-hybridized carbons (Fsp3) is 0.231. The van der Waals surface area contributed by atoms with Crippen molar-refractivity contribution in [3.05, 3.63) is 52.8 Å². The molecule has 0 saturated heterocycles. The van der Waals surface area contributed by atoms with Crippen LogP contribution in [0, 0.1) is 5.82 Å². The molecule has 0 aliphatic carbocycles. The molecule has 1 aromatic heterocycles. The summed E-state index contributed by atoms with van der Waals surface area (Å²) in [6.45, 7) is 0.300. The molecule has 5 nitrogen and oxygen atoms in total. The Labute approximate surface area is 120 Å². The molecule has 2 rings (SSSR count). The van der Waals surface area contributed by atoms with Gasteiger partial charge in [-0.2, -0.15) is 0 Å². The van der Waals surface area contributed by atoms with Crippen LogP contribution < -0.4 is 0 Å². The molecular weight excluding hydrogens is 285 g/mol. The molecule has 0 amide bonds. The quantitative estimate of drug-likeness (QED) is 0.889. The van der Waals surface area contributed by atoms with Crippen molar-refractivity contribution in [1.82, 2.24) is 14.9 Å². The highest BCUT2D eigenvalue weighted by Gasteiger charge is 2.26. The van der Waals surface area contributed by atoms with E-state index in [0.29, 0.717) is 17.9 Å². The maximum Gasteiger partial charge on any atom is 0.325 e. The fourth-order valence-corrected chi connectivity index (χ4v) is 2.10. The molecule has 2 aromatic rings. The monoisotopic (exact) mass is 297 g/mol. The van der Waals surface area contributed by atoms with E-state index in [1.165, 1.54) is 12.1 Å². The molecule has 1 heterocycles. The number of likely N-dealkylation sites (N-methyl/N-ethyl adjacent to an activating group) is 1. The van der Waals surface area contributed by atoms with Crippen LogP contribution in [0.1, 0.15) is 17.4 Å². The maximum absolute atomic E-state index is 13.5. The Hall–Kier alpha value is -1.92. The van der Waals surface area contributed by atoms with E-state index in [2.05, 4.69) is 9.97 Å². The van der Waals surface area contributed by atoms with E-state index in [1.54, 1.807) is 24.3 Å². The maximum atomic E-state index is 13.5. The van der Waals surface area contributed by atoms with Crippen molar-refractivity contribution >= 4 is 17.6 Å². The molecule has 106 valence electrons. The summed E-state index contributed by atoms with van der Waals surface area (Å²) >= 11 is 5.61. The van der Waals surface area contributed by atoms with E-state index < -0.39 is 17.8 Å². The molecule has 0 aliphatic rings. The summed E-state index contributed by atoms with van der Waals surface area (Å²) in [5, 5.41) is 9.32. The summed E-state index contributed by atoms with van der Waals surface area (Å²) in [7, 11) is 1.63. The van der Waals surface area contributed by atoms with E-state index >= 15 is 0 Å². The number of carboxylic acid groups (broad SMARTS) is 1. The number of hydrogen-bond donors (Lipinski definition) is 2. The summed E-state index contributed by atoms with van der Waals surface area (Å²) < 4.78 is 13.5. The Bertz CT molecular complexity index is 604. The number of nitrogens with one attached hydrogen (secondary N) is 1. The first-order valence-corrected chi connectivity index (χ1v) is 6.23. The second-order valence-corrected chi connectivity index (χ2v) is 4.77. The molecule has 1 atom stereocenters. The van der Waals surface area contributed by atoms with Crippen LogP contribution in [0.15, 0.2) is 30.6 Å². The highest BCUT2D eigenvalue weighted by atomic mass is 35.5.